The highest BCUT2D eigenvalue weighted by molar-refractivity contribution is 5.79. The lowest BCUT2D eigenvalue weighted by Gasteiger charge is -2.28. The molecule has 3 heteroatoms. The summed E-state index contributed by atoms with van der Waals surface area (Å²) in [6.45, 7) is 0. The normalized spacial score (nSPS) is 23.9. The number of hydrogen-bond donors (Lipinski definition) is 1. The molecule has 0 aromatic heterocycles. The van der Waals surface area contributed by atoms with Crippen LogP contribution in [0.25, 0.3) is 0 Å². The Hall–Kier alpha value is -1.82. The van der Waals surface area contributed by atoms with E-state index >= 15 is 0 Å². The van der Waals surface area contributed by atoms with Gasteiger partial charge in [0.25, 0.3) is 0 Å². The molecular weight excluding hydrogens is 190 g/mol. The zero-order chi connectivity index (χ0) is 10.9. The summed E-state index contributed by atoms with van der Waals surface area (Å²) in [6, 6.07) is 9.69. The molecule has 0 unspecified atom stereocenters. The van der Waals surface area contributed by atoms with Crippen molar-refractivity contribution in [2.24, 2.45) is 5.41 Å². The largest absolute Gasteiger partial charge is 0.480 e. The maximum absolute atomic E-state index is 11.1. The molecule has 2 rings (SSSR count). The molecule has 0 radical (unpaired) electrons. The number of carboxylic acids is 1. The SMILES string of the molecule is N#C[C@@]1(C(=O)O)CCc2ccccc2C1. The summed E-state index contributed by atoms with van der Waals surface area (Å²) in [7, 11) is 0. The Balaban J connectivity index is 2.40. The summed E-state index contributed by atoms with van der Waals surface area (Å²) in [5.74, 6) is -1.00. The Bertz CT molecular complexity index is 447. The van der Waals surface area contributed by atoms with Crippen molar-refractivity contribution < 1.29 is 9.90 Å². The lowest BCUT2D eigenvalue weighted by Crippen LogP contribution is -2.35. The molecule has 0 saturated heterocycles. The summed E-state index contributed by atoms with van der Waals surface area (Å²) in [4.78, 5) is 11.1. The van der Waals surface area contributed by atoms with Crippen LogP contribution in [0.2, 0.25) is 0 Å². The maximum Gasteiger partial charge on any atom is 0.324 e. The molecule has 1 aliphatic rings. The van der Waals surface area contributed by atoms with Gasteiger partial charge >= 0.3 is 5.97 Å². The van der Waals surface area contributed by atoms with Gasteiger partial charge in [-0.25, -0.2) is 0 Å². The average Bonchev–Trinajstić information content (AvgIpc) is 2.28. The predicted octanol–water partition coefficient (Wildman–Crippen LogP) is 1.77. The van der Waals surface area contributed by atoms with Crippen LogP contribution in [0.5, 0.6) is 0 Å². The molecule has 0 amide bonds. The van der Waals surface area contributed by atoms with E-state index in [-0.39, 0.29) is 0 Å². The van der Waals surface area contributed by atoms with Gasteiger partial charge in [0.15, 0.2) is 5.41 Å². The van der Waals surface area contributed by atoms with Crippen LogP contribution in [-0.2, 0) is 17.6 Å². The van der Waals surface area contributed by atoms with Crippen molar-refractivity contribution in [2.75, 3.05) is 0 Å². The minimum Gasteiger partial charge on any atom is -0.480 e. The Morgan fingerprint density at radius 2 is 2.07 bits per heavy atom. The second-order valence-electron chi connectivity index (χ2n) is 3.94. The molecule has 1 aromatic carbocycles. The van der Waals surface area contributed by atoms with Gasteiger partial charge in [-0.3, -0.25) is 4.79 Å². The van der Waals surface area contributed by atoms with Crippen molar-refractivity contribution in [3.63, 3.8) is 0 Å². The number of hydrogen-bond acceptors (Lipinski definition) is 2. The van der Waals surface area contributed by atoms with Crippen molar-refractivity contribution in [3.05, 3.63) is 35.4 Å². The van der Waals surface area contributed by atoms with Crippen molar-refractivity contribution in [1.82, 2.24) is 0 Å². The molecule has 0 bridgehead atoms. The first-order valence-electron chi connectivity index (χ1n) is 4.89. The summed E-state index contributed by atoms with van der Waals surface area (Å²) < 4.78 is 0. The molecule has 76 valence electrons. The van der Waals surface area contributed by atoms with Crippen LogP contribution in [0, 0.1) is 16.7 Å². The van der Waals surface area contributed by atoms with Gasteiger partial charge in [-0.2, -0.15) is 5.26 Å². The Labute approximate surface area is 88.0 Å². The lowest BCUT2D eigenvalue weighted by atomic mass is 9.72. The fourth-order valence-electron chi connectivity index (χ4n) is 2.06. The second-order valence-corrected chi connectivity index (χ2v) is 3.94. The topological polar surface area (TPSA) is 61.1 Å². The minimum absolute atomic E-state index is 0.328. The van der Waals surface area contributed by atoms with E-state index in [1.165, 1.54) is 5.56 Å². The van der Waals surface area contributed by atoms with Gasteiger partial charge < -0.3 is 5.11 Å². The first-order chi connectivity index (χ1) is 7.18. The summed E-state index contributed by atoms with van der Waals surface area (Å²) in [5.41, 5.74) is 0.950. The summed E-state index contributed by atoms with van der Waals surface area (Å²) in [6.07, 6.45) is 1.42. The molecular formula is C12H11NO2. The van der Waals surface area contributed by atoms with E-state index in [2.05, 4.69) is 0 Å². The van der Waals surface area contributed by atoms with Crippen LogP contribution in [-0.4, -0.2) is 11.1 Å². The first kappa shape index (κ1) is 9.72. The molecule has 1 N–H and O–H groups in total. The van der Waals surface area contributed by atoms with E-state index in [1.807, 2.05) is 30.3 Å². The number of rotatable bonds is 1. The van der Waals surface area contributed by atoms with Gasteiger partial charge in [0.05, 0.1) is 6.07 Å². The van der Waals surface area contributed by atoms with Crippen molar-refractivity contribution in [1.29, 1.82) is 5.26 Å². The lowest BCUT2D eigenvalue weighted by molar-refractivity contribution is -0.146. The molecule has 1 aromatic rings. The van der Waals surface area contributed by atoms with E-state index in [0.29, 0.717) is 19.3 Å². The molecule has 0 spiro atoms. The van der Waals surface area contributed by atoms with Gasteiger partial charge in [0.2, 0.25) is 0 Å². The van der Waals surface area contributed by atoms with Gasteiger partial charge in [-0.15, -0.1) is 0 Å². The number of fused-ring (bicyclic) bond motifs is 1. The fourth-order valence-corrected chi connectivity index (χ4v) is 2.06. The maximum atomic E-state index is 11.1. The highest BCUT2D eigenvalue weighted by Crippen LogP contribution is 2.35. The smallest absolute Gasteiger partial charge is 0.324 e. The minimum atomic E-state index is -1.21. The number of aliphatic carboxylic acids is 1. The molecule has 0 fully saturated rings. The standard InChI is InChI=1S/C12H11NO2/c13-8-12(11(14)15)6-5-9-3-1-2-4-10(9)7-12/h1-4H,5-7H2,(H,14,15)/t12-/m1/s1. The molecule has 1 atom stereocenters. The molecule has 1 aliphatic carbocycles. The molecule has 3 nitrogen and oxygen atoms in total. The number of benzene rings is 1. The van der Waals surface area contributed by atoms with Gasteiger partial charge in [0.1, 0.15) is 0 Å². The Kier molecular flexibility index (Phi) is 2.20. The zero-order valence-corrected chi connectivity index (χ0v) is 8.23. The van der Waals surface area contributed by atoms with Crippen LogP contribution in [0.3, 0.4) is 0 Å². The highest BCUT2D eigenvalue weighted by Gasteiger charge is 2.41. The molecule has 15 heavy (non-hydrogen) atoms. The predicted molar refractivity (Wildman–Crippen MR) is 54.1 cm³/mol. The van der Waals surface area contributed by atoms with E-state index < -0.39 is 11.4 Å². The van der Waals surface area contributed by atoms with Crippen molar-refractivity contribution >= 4 is 5.97 Å². The van der Waals surface area contributed by atoms with Crippen LogP contribution in [0.4, 0.5) is 0 Å². The number of carboxylic acid groups (broad SMARTS) is 1. The first-order valence-corrected chi connectivity index (χ1v) is 4.89. The monoisotopic (exact) mass is 201 g/mol. The summed E-state index contributed by atoms with van der Waals surface area (Å²) in [5, 5.41) is 18.1. The molecule has 0 saturated carbocycles. The third kappa shape index (κ3) is 1.48. The number of nitrogens with zero attached hydrogens (tertiary/aromatic N) is 1. The average molecular weight is 201 g/mol. The van der Waals surface area contributed by atoms with E-state index in [4.69, 9.17) is 10.4 Å². The van der Waals surface area contributed by atoms with E-state index in [0.717, 1.165) is 5.56 Å². The van der Waals surface area contributed by atoms with Crippen LogP contribution < -0.4 is 0 Å². The Morgan fingerprint density at radius 3 is 2.67 bits per heavy atom. The quantitative estimate of drug-likeness (QED) is 0.753. The van der Waals surface area contributed by atoms with Crippen molar-refractivity contribution in [3.8, 4) is 6.07 Å². The summed E-state index contributed by atoms with van der Waals surface area (Å²) >= 11 is 0. The van der Waals surface area contributed by atoms with Gasteiger partial charge in [0, 0.05) is 6.42 Å². The third-order valence-electron chi connectivity index (χ3n) is 3.06. The molecule has 0 heterocycles. The number of carbonyl (C=O) groups is 1. The van der Waals surface area contributed by atoms with Crippen molar-refractivity contribution in [2.45, 2.75) is 19.3 Å². The van der Waals surface area contributed by atoms with E-state index in [9.17, 15) is 4.79 Å². The number of aryl methyl sites for hydroxylation is 1. The van der Waals surface area contributed by atoms with E-state index in [1.54, 1.807) is 0 Å². The zero-order valence-electron chi connectivity index (χ0n) is 8.23. The molecule has 0 aliphatic heterocycles. The highest BCUT2D eigenvalue weighted by atomic mass is 16.4. The van der Waals surface area contributed by atoms with Gasteiger partial charge in [-0.1, -0.05) is 24.3 Å². The van der Waals surface area contributed by atoms with Crippen LogP contribution in [0.15, 0.2) is 24.3 Å². The van der Waals surface area contributed by atoms with Crippen LogP contribution >= 0.6 is 0 Å². The fraction of sp³-hybridized carbons (Fsp3) is 0.333. The van der Waals surface area contributed by atoms with Crippen LogP contribution in [0.1, 0.15) is 17.5 Å². The Morgan fingerprint density at radius 1 is 1.40 bits per heavy atom. The second kappa shape index (κ2) is 3.39. The van der Waals surface area contributed by atoms with Gasteiger partial charge in [-0.05, 0) is 24.0 Å². The third-order valence-corrected chi connectivity index (χ3v) is 3.06. The number of nitriles is 1.